The van der Waals surface area contributed by atoms with Gasteiger partial charge in [-0.25, -0.2) is 4.98 Å². The van der Waals surface area contributed by atoms with Crippen LogP contribution in [0.3, 0.4) is 0 Å². The highest BCUT2D eigenvalue weighted by atomic mass is 16.3. The molecule has 1 saturated heterocycles. The highest BCUT2D eigenvalue weighted by molar-refractivity contribution is 5.93. The van der Waals surface area contributed by atoms with E-state index in [1.54, 1.807) is 17.9 Å². The number of hydrogen-bond donors (Lipinski definition) is 2. The number of rotatable bonds is 4. The average Bonchev–Trinajstić information content (AvgIpc) is 3.43. The normalized spacial score (nSPS) is 20.8. The molecule has 2 N–H and O–H groups in total. The quantitative estimate of drug-likeness (QED) is 0.860. The predicted molar refractivity (Wildman–Crippen MR) is 97.2 cm³/mol. The van der Waals surface area contributed by atoms with E-state index >= 15 is 0 Å². The molecule has 8 heteroatoms. The van der Waals surface area contributed by atoms with Crippen LogP contribution in [0.1, 0.15) is 83.5 Å². The molecule has 1 saturated carbocycles. The van der Waals surface area contributed by atoms with Crippen molar-refractivity contribution >= 4 is 11.8 Å². The number of nitrogens with one attached hydrogen (secondary N) is 2. The van der Waals surface area contributed by atoms with Gasteiger partial charge in [0.1, 0.15) is 12.0 Å². The summed E-state index contributed by atoms with van der Waals surface area (Å²) in [6.45, 7) is 2.37. The van der Waals surface area contributed by atoms with Crippen molar-refractivity contribution in [3.05, 3.63) is 35.3 Å². The standard InChI is InChI=1S/C19H25N5O3/c1-12-20-16(11-27-12)19(26)24-9-5-4-8-17(24)14-10-15(23-22-14)18(25)21-13-6-2-3-7-13/h10-11,13,17H,2-9H2,1H3,(H,21,25)(H,22,23)/t17-/m1/s1. The zero-order valence-corrected chi connectivity index (χ0v) is 15.5. The van der Waals surface area contributed by atoms with Gasteiger partial charge in [0.05, 0.1) is 11.7 Å². The first kappa shape index (κ1) is 17.8. The Kier molecular flexibility index (Phi) is 4.96. The van der Waals surface area contributed by atoms with Gasteiger partial charge in [0.2, 0.25) is 0 Å². The van der Waals surface area contributed by atoms with Crippen molar-refractivity contribution in [1.82, 2.24) is 25.4 Å². The highest BCUT2D eigenvalue weighted by Gasteiger charge is 2.32. The van der Waals surface area contributed by atoms with Crippen LogP contribution in [0.5, 0.6) is 0 Å². The Balaban J connectivity index is 1.49. The smallest absolute Gasteiger partial charge is 0.276 e. The number of piperidine rings is 1. The Bertz CT molecular complexity index is 821. The maximum atomic E-state index is 12.9. The molecule has 0 bridgehead atoms. The lowest BCUT2D eigenvalue weighted by atomic mass is 9.98. The third-order valence-electron chi connectivity index (χ3n) is 5.48. The number of amides is 2. The molecule has 1 aliphatic heterocycles. The molecule has 144 valence electrons. The van der Waals surface area contributed by atoms with E-state index in [0.717, 1.165) is 50.6 Å². The number of hydrogen-bond acceptors (Lipinski definition) is 5. The molecule has 0 aromatic carbocycles. The summed E-state index contributed by atoms with van der Waals surface area (Å²) in [5, 5.41) is 10.2. The molecule has 4 rings (SSSR count). The third-order valence-corrected chi connectivity index (χ3v) is 5.48. The van der Waals surface area contributed by atoms with Crippen LogP contribution in [-0.4, -0.2) is 44.5 Å². The van der Waals surface area contributed by atoms with E-state index < -0.39 is 0 Å². The fraction of sp³-hybridized carbons (Fsp3) is 0.579. The van der Waals surface area contributed by atoms with Crippen LogP contribution in [0.15, 0.2) is 16.7 Å². The van der Waals surface area contributed by atoms with E-state index in [4.69, 9.17) is 4.42 Å². The van der Waals surface area contributed by atoms with Gasteiger partial charge in [0.25, 0.3) is 11.8 Å². The zero-order valence-electron chi connectivity index (χ0n) is 15.5. The first-order valence-electron chi connectivity index (χ1n) is 9.71. The Morgan fingerprint density at radius 3 is 2.70 bits per heavy atom. The van der Waals surface area contributed by atoms with Gasteiger partial charge in [-0.2, -0.15) is 5.10 Å². The maximum absolute atomic E-state index is 12.9. The molecule has 8 nitrogen and oxygen atoms in total. The molecule has 2 aliphatic rings. The molecular formula is C19H25N5O3. The first-order chi connectivity index (χ1) is 13.1. The molecule has 1 aliphatic carbocycles. The lowest BCUT2D eigenvalue weighted by Gasteiger charge is -2.34. The van der Waals surface area contributed by atoms with Crippen LogP contribution in [0.25, 0.3) is 0 Å². The van der Waals surface area contributed by atoms with Crippen molar-refractivity contribution in [3.63, 3.8) is 0 Å². The number of aromatic amines is 1. The summed E-state index contributed by atoms with van der Waals surface area (Å²) in [5.74, 6) is 0.174. The summed E-state index contributed by atoms with van der Waals surface area (Å²) in [5.41, 5.74) is 1.49. The van der Waals surface area contributed by atoms with Gasteiger partial charge in [-0.05, 0) is 38.2 Å². The van der Waals surface area contributed by atoms with E-state index in [-0.39, 0.29) is 23.9 Å². The van der Waals surface area contributed by atoms with Crippen LogP contribution in [-0.2, 0) is 0 Å². The molecule has 2 aromatic heterocycles. The lowest BCUT2D eigenvalue weighted by Crippen LogP contribution is -2.38. The third kappa shape index (κ3) is 3.74. The largest absolute Gasteiger partial charge is 0.448 e. The zero-order chi connectivity index (χ0) is 18.8. The topological polar surface area (TPSA) is 104 Å². The van der Waals surface area contributed by atoms with Crippen molar-refractivity contribution in [1.29, 1.82) is 0 Å². The van der Waals surface area contributed by atoms with Crippen molar-refractivity contribution in [3.8, 4) is 0 Å². The second kappa shape index (κ2) is 7.54. The minimum absolute atomic E-state index is 0.135. The number of aromatic nitrogens is 3. The molecule has 2 aromatic rings. The van der Waals surface area contributed by atoms with Gasteiger partial charge in [-0.3, -0.25) is 14.7 Å². The molecule has 3 heterocycles. The highest BCUT2D eigenvalue weighted by Crippen LogP contribution is 2.31. The van der Waals surface area contributed by atoms with Crippen LogP contribution in [0.2, 0.25) is 0 Å². The van der Waals surface area contributed by atoms with E-state index in [9.17, 15) is 9.59 Å². The predicted octanol–water partition coefficient (Wildman–Crippen LogP) is 2.75. The van der Waals surface area contributed by atoms with E-state index in [1.165, 1.54) is 6.26 Å². The molecule has 1 atom stereocenters. The SMILES string of the molecule is Cc1nc(C(=O)N2CCCC[C@@H]2c2cc(C(=O)NC3CCCC3)n[nH]2)co1. The molecule has 0 unspecified atom stereocenters. The number of carbonyl (C=O) groups is 2. The summed E-state index contributed by atoms with van der Waals surface area (Å²) in [7, 11) is 0. The number of nitrogens with zero attached hydrogens (tertiary/aromatic N) is 3. The number of carbonyl (C=O) groups excluding carboxylic acids is 2. The first-order valence-corrected chi connectivity index (χ1v) is 9.71. The fourth-order valence-corrected chi connectivity index (χ4v) is 4.06. The second-order valence-electron chi connectivity index (χ2n) is 7.43. The Morgan fingerprint density at radius 2 is 1.96 bits per heavy atom. The van der Waals surface area contributed by atoms with Crippen LogP contribution in [0, 0.1) is 6.92 Å². The van der Waals surface area contributed by atoms with E-state index in [1.807, 2.05) is 0 Å². The van der Waals surface area contributed by atoms with Gasteiger partial charge in [-0.1, -0.05) is 12.8 Å². The Labute approximate surface area is 157 Å². The van der Waals surface area contributed by atoms with E-state index in [2.05, 4.69) is 20.5 Å². The molecule has 2 fully saturated rings. The van der Waals surface area contributed by atoms with E-state index in [0.29, 0.717) is 23.8 Å². The summed E-state index contributed by atoms with van der Waals surface area (Å²) in [6, 6.07) is 1.89. The van der Waals surface area contributed by atoms with Gasteiger partial charge in [0, 0.05) is 19.5 Å². The Morgan fingerprint density at radius 1 is 1.19 bits per heavy atom. The van der Waals surface area contributed by atoms with Crippen LogP contribution in [0.4, 0.5) is 0 Å². The lowest BCUT2D eigenvalue weighted by molar-refractivity contribution is 0.0599. The van der Waals surface area contributed by atoms with Crippen molar-refractivity contribution in [2.24, 2.45) is 0 Å². The van der Waals surface area contributed by atoms with Crippen LogP contribution >= 0.6 is 0 Å². The molecule has 2 amide bonds. The summed E-state index contributed by atoms with van der Waals surface area (Å²) in [6.07, 6.45) is 8.59. The fourth-order valence-electron chi connectivity index (χ4n) is 4.06. The maximum Gasteiger partial charge on any atom is 0.276 e. The molecule has 0 spiro atoms. The number of oxazole rings is 1. The second-order valence-corrected chi connectivity index (χ2v) is 7.43. The van der Waals surface area contributed by atoms with Gasteiger partial charge >= 0.3 is 0 Å². The summed E-state index contributed by atoms with van der Waals surface area (Å²) in [4.78, 5) is 31.3. The Hall–Kier alpha value is -2.64. The van der Waals surface area contributed by atoms with Crippen molar-refractivity contribution in [2.75, 3.05) is 6.54 Å². The number of aryl methyl sites for hydroxylation is 1. The van der Waals surface area contributed by atoms with Gasteiger partial charge < -0.3 is 14.6 Å². The van der Waals surface area contributed by atoms with Crippen LogP contribution < -0.4 is 5.32 Å². The molecule has 27 heavy (non-hydrogen) atoms. The van der Waals surface area contributed by atoms with Crippen molar-refractivity contribution in [2.45, 2.75) is 64.0 Å². The average molecular weight is 371 g/mol. The molecule has 0 radical (unpaired) electrons. The van der Waals surface area contributed by atoms with Gasteiger partial charge in [0.15, 0.2) is 11.6 Å². The summed E-state index contributed by atoms with van der Waals surface area (Å²) >= 11 is 0. The van der Waals surface area contributed by atoms with Gasteiger partial charge in [-0.15, -0.1) is 0 Å². The summed E-state index contributed by atoms with van der Waals surface area (Å²) < 4.78 is 5.18. The molecular weight excluding hydrogens is 346 g/mol. The minimum Gasteiger partial charge on any atom is -0.448 e. The monoisotopic (exact) mass is 371 g/mol. The van der Waals surface area contributed by atoms with Crippen molar-refractivity contribution < 1.29 is 14.0 Å². The number of H-pyrrole nitrogens is 1. The number of likely N-dealkylation sites (tertiary alicyclic amines) is 1. The minimum atomic E-state index is -0.150.